The summed E-state index contributed by atoms with van der Waals surface area (Å²) in [4.78, 5) is 4.79. The molecule has 15 heavy (non-hydrogen) atoms. The quantitative estimate of drug-likeness (QED) is 0.317. The molecule has 1 atom stereocenters. The van der Waals surface area contributed by atoms with Gasteiger partial charge in [-0.25, -0.2) is 0 Å². The Kier molecular flexibility index (Phi) is 4.59. The maximum atomic E-state index is 8.98. The topological polar surface area (TPSA) is 77.1 Å². The van der Waals surface area contributed by atoms with Crippen LogP contribution in [0.15, 0.2) is 35.5 Å². The maximum absolute atomic E-state index is 8.98. The van der Waals surface area contributed by atoms with Crippen LogP contribution in [-0.4, -0.2) is 30.9 Å². The van der Waals surface area contributed by atoms with Crippen molar-refractivity contribution in [2.75, 3.05) is 13.7 Å². The van der Waals surface area contributed by atoms with Gasteiger partial charge in [0.05, 0.1) is 0 Å². The number of aliphatic hydroxyl groups is 1. The Bertz CT molecular complexity index is 314. The monoisotopic (exact) mass is 210 g/mol. The van der Waals surface area contributed by atoms with Gasteiger partial charge in [-0.15, -0.1) is 0 Å². The van der Waals surface area contributed by atoms with E-state index in [1.165, 1.54) is 7.11 Å². The van der Waals surface area contributed by atoms with Crippen molar-refractivity contribution < 1.29 is 14.7 Å². The highest BCUT2D eigenvalue weighted by atomic mass is 16.7. The molecule has 1 rings (SSSR count). The van der Waals surface area contributed by atoms with E-state index in [9.17, 15) is 0 Å². The lowest BCUT2D eigenvalue weighted by Crippen LogP contribution is -2.18. The van der Waals surface area contributed by atoms with E-state index in [-0.39, 0.29) is 12.4 Å². The van der Waals surface area contributed by atoms with Crippen molar-refractivity contribution in [2.45, 2.75) is 6.29 Å². The molecule has 0 aliphatic rings. The van der Waals surface area contributed by atoms with Crippen LogP contribution < -0.4 is 5.73 Å². The van der Waals surface area contributed by atoms with Crippen LogP contribution in [-0.2, 0) is 9.57 Å². The Balaban J connectivity index is 2.47. The van der Waals surface area contributed by atoms with Crippen LogP contribution in [0.4, 0.5) is 0 Å². The summed E-state index contributed by atoms with van der Waals surface area (Å²) in [6.07, 6.45) is -0.989. The normalized spacial score (nSPS) is 13.6. The predicted octanol–water partition coefficient (Wildman–Crippen LogP) is 0.288. The second-order valence-electron chi connectivity index (χ2n) is 2.83. The Morgan fingerprint density at radius 2 is 2.13 bits per heavy atom. The van der Waals surface area contributed by atoms with Crippen LogP contribution in [0.25, 0.3) is 0 Å². The molecule has 0 heterocycles. The highest BCUT2D eigenvalue weighted by molar-refractivity contribution is 5.96. The van der Waals surface area contributed by atoms with E-state index in [4.69, 9.17) is 15.7 Å². The minimum absolute atomic E-state index is 0.0516. The summed E-state index contributed by atoms with van der Waals surface area (Å²) >= 11 is 0. The number of hydrogen-bond donors (Lipinski definition) is 2. The van der Waals surface area contributed by atoms with Gasteiger partial charge in [-0.2, -0.15) is 0 Å². The van der Waals surface area contributed by atoms with Crippen molar-refractivity contribution in [1.29, 1.82) is 0 Å². The number of amidine groups is 1. The molecule has 82 valence electrons. The predicted molar refractivity (Wildman–Crippen MR) is 56.1 cm³/mol. The summed E-state index contributed by atoms with van der Waals surface area (Å²) in [5, 5.41) is 12.6. The molecule has 0 saturated carbocycles. The largest absolute Gasteiger partial charge is 0.389 e. The third-order valence-electron chi connectivity index (χ3n) is 1.72. The smallest absolute Gasteiger partial charge is 0.191 e. The second kappa shape index (κ2) is 6.00. The fourth-order valence-corrected chi connectivity index (χ4v) is 0.900. The molecule has 0 fully saturated rings. The van der Waals surface area contributed by atoms with Crippen LogP contribution in [0.2, 0.25) is 0 Å². The third-order valence-corrected chi connectivity index (χ3v) is 1.72. The van der Waals surface area contributed by atoms with E-state index in [1.807, 2.05) is 30.3 Å². The van der Waals surface area contributed by atoms with E-state index in [0.717, 1.165) is 5.56 Å². The zero-order valence-electron chi connectivity index (χ0n) is 8.46. The van der Waals surface area contributed by atoms with Crippen molar-refractivity contribution in [2.24, 2.45) is 10.9 Å². The van der Waals surface area contributed by atoms with Crippen LogP contribution in [0.3, 0.4) is 0 Å². The highest BCUT2D eigenvalue weighted by Crippen LogP contribution is 1.98. The molecule has 1 aromatic carbocycles. The Hall–Kier alpha value is -1.59. The van der Waals surface area contributed by atoms with E-state index < -0.39 is 6.29 Å². The van der Waals surface area contributed by atoms with Crippen LogP contribution in [0.5, 0.6) is 0 Å². The molecule has 5 heteroatoms. The van der Waals surface area contributed by atoms with E-state index >= 15 is 0 Å². The first-order valence-corrected chi connectivity index (χ1v) is 4.45. The van der Waals surface area contributed by atoms with Gasteiger partial charge in [0.2, 0.25) is 0 Å². The number of nitrogens with zero attached hydrogens (tertiary/aromatic N) is 1. The van der Waals surface area contributed by atoms with Crippen molar-refractivity contribution in [3.63, 3.8) is 0 Å². The van der Waals surface area contributed by atoms with Gasteiger partial charge in [0.15, 0.2) is 18.7 Å². The van der Waals surface area contributed by atoms with E-state index in [1.54, 1.807) is 0 Å². The van der Waals surface area contributed by atoms with Gasteiger partial charge in [-0.3, -0.25) is 0 Å². The zero-order chi connectivity index (χ0) is 11.1. The summed E-state index contributed by atoms with van der Waals surface area (Å²) in [6.45, 7) is -0.0516. The molecule has 0 aromatic heterocycles. The van der Waals surface area contributed by atoms with Gasteiger partial charge in [0.1, 0.15) is 0 Å². The molecular weight excluding hydrogens is 196 g/mol. The van der Waals surface area contributed by atoms with E-state index in [0.29, 0.717) is 0 Å². The van der Waals surface area contributed by atoms with Gasteiger partial charge < -0.3 is 20.4 Å². The summed E-state index contributed by atoms with van der Waals surface area (Å²) in [5.41, 5.74) is 6.39. The molecule has 0 aliphatic heterocycles. The Morgan fingerprint density at radius 3 is 2.73 bits per heavy atom. The van der Waals surface area contributed by atoms with Crippen LogP contribution >= 0.6 is 0 Å². The standard InChI is InChI=1S/C10H14N2O3/c1-14-9(13)7-15-12-10(11)8-5-3-2-4-6-8/h2-6,9,13H,7H2,1H3,(H2,11,12). The number of ether oxygens (including phenoxy) is 1. The fourth-order valence-electron chi connectivity index (χ4n) is 0.900. The molecular formula is C10H14N2O3. The summed E-state index contributed by atoms with van der Waals surface area (Å²) < 4.78 is 4.56. The molecule has 5 nitrogen and oxygen atoms in total. The highest BCUT2D eigenvalue weighted by Gasteiger charge is 2.01. The van der Waals surface area contributed by atoms with E-state index in [2.05, 4.69) is 9.89 Å². The van der Waals surface area contributed by atoms with Crippen molar-refractivity contribution in [3.05, 3.63) is 35.9 Å². The summed E-state index contributed by atoms with van der Waals surface area (Å²) in [5.74, 6) is 0.263. The van der Waals surface area contributed by atoms with Crippen LogP contribution in [0.1, 0.15) is 5.56 Å². The molecule has 0 aliphatic carbocycles. The van der Waals surface area contributed by atoms with Gasteiger partial charge in [0, 0.05) is 12.7 Å². The molecule has 0 amide bonds. The number of hydrogen-bond acceptors (Lipinski definition) is 4. The van der Waals surface area contributed by atoms with Gasteiger partial charge in [-0.1, -0.05) is 35.5 Å². The lowest BCUT2D eigenvalue weighted by atomic mass is 10.2. The van der Waals surface area contributed by atoms with Crippen molar-refractivity contribution in [3.8, 4) is 0 Å². The summed E-state index contributed by atoms with van der Waals surface area (Å²) in [6, 6.07) is 9.21. The van der Waals surface area contributed by atoms with Gasteiger partial charge >= 0.3 is 0 Å². The first kappa shape index (κ1) is 11.5. The number of nitrogens with two attached hydrogens (primary N) is 1. The molecule has 1 aromatic rings. The van der Waals surface area contributed by atoms with Crippen LogP contribution in [0, 0.1) is 0 Å². The number of rotatable bonds is 5. The number of benzene rings is 1. The van der Waals surface area contributed by atoms with Gasteiger partial charge in [0.25, 0.3) is 0 Å². The fraction of sp³-hybridized carbons (Fsp3) is 0.300. The lowest BCUT2D eigenvalue weighted by Gasteiger charge is -2.06. The average molecular weight is 210 g/mol. The molecule has 0 bridgehead atoms. The van der Waals surface area contributed by atoms with Gasteiger partial charge in [-0.05, 0) is 0 Å². The molecule has 1 unspecified atom stereocenters. The number of oxime groups is 1. The van der Waals surface area contributed by atoms with Crippen molar-refractivity contribution in [1.82, 2.24) is 0 Å². The maximum Gasteiger partial charge on any atom is 0.191 e. The number of aliphatic hydroxyl groups excluding tert-OH is 1. The zero-order valence-corrected chi connectivity index (χ0v) is 8.46. The Morgan fingerprint density at radius 1 is 1.47 bits per heavy atom. The number of methoxy groups -OCH3 is 1. The molecule has 3 N–H and O–H groups in total. The van der Waals surface area contributed by atoms with Crippen molar-refractivity contribution >= 4 is 5.84 Å². The minimum Gasteiger partial charge on any atom is -0.389 e. The average Bonchev–Trinajstić information content (AvgIpc) is 2.29. The first-order chi connectivity index (χ1) is 7.24. The minimum atomic E-state index is -0.989. The molecule has 0 saturated heterocycles. The Labute approximate surface area is 88.1 Å². The molecule has 0 spiro atoms. The SMILES string of the molecule is COC(O)CON=C(N)c1ccccc1. The first-order valence-electron chi connectivity index (χ1n) is 4.45. The lowest BCUT2D eigenvalue weighted by molar-refractivity contribution is -0.118. The molecule has 0 radical (unpaired) electrons. The second-order valence-corrected chi connectivity index (χ2v) is 2.83. The third kappa shape index (κ3) is 3.97. The summed E-state index contributed by atoms with van der Waals surface area (Å²) in [7, 11) is 1.37.